The lowest BCUT2D eigenvalue weighted by Crippen LogP contribution is -2.42. The van der Waals surface area contributed by atoms with Crippen molar-refractivity contribution in [3.8, 4) is 0 Å². The van der Waals surface area contributed by atoms with Crippen molar-refractivity contribution in [2.24, 2.45) is 5.73 Å². The Hall–Kier alpha value is -1.55. The van der Waals surface area contributed by atoms with E-state index in [-0.39, 0.29) is 5.91 Å². The van der Waals surface area contributed by atoms with E-state index in [4.69, 9.17) is 11.5 Å². The Morgan fingerprint density at radius 3 is 2.61 bits per heavy atom. The van der Waals surface area contributed by atoms with Gasteiger partial charge in [0, 0.05) is 23.5 Å². The van der Waals surface area contributed by atoms with Gasteiger partial charge in [0.1, 0.15) is 0 Å². The molecule has 0 saturated heterocycles. The van der Waals surface area contributed by atoms with Gasteiger partial charge in [-0.25, -0.2) is 0 Å². The summed E-state index contributed by atoms with van der Waals surface area (Å²) in [6, 6.07) is 6.40. The van der Waals surface area contributed by atoms with Crippen molar-refractivity contribution < 1.29 is 4.79 Å². The van der Waals surface area contributed by atoms with Crippen LogP contribution in [0.1, 0.15) is 31.2 Å². The number of hydrogen-bond acceptors (Lipinski definition) is 3. The molecule has 0 atom stereocenters. The van der Waals surface area contributed by atoms with Gasteiger partial charge in [-0.1, -0.05) is 0 Å². The van der Waals surface area contributed by atoms with Crippen LogP contribution in [0.2, 0.25) is 0 Å². The second-order valence-electron chi connectivity index (χ2n) is 5.40. The summed E-state index contributed by atoms with van der Waals surface area (Å²) in [5, 5.41) is 0. The highest BCUT2D eigenvalue weighted by molar-refractivity contribution is 6.02. The zero-order chi connectivity index (χ0) is 12.7. The molecular weight excluding hydrogens is 226 g/mol. The Morgan fingerprint density at radius 1 is 1.17 bits per heavy atom. The van der Waals surface area contributed by atoms with Gasteiger partial charge in [-0.2, -0.15) is 0 Å². The second kappa shape index (κ2) is 4.28. The third kappa shape index (κ3) is 1.86. The zero-order valence-corrected chi connectivity index (χ0v) is 10.4. The van der Waals surface area contributed by atoms with Crippen molar-refractivity contribution in [1.82, 2.24) is 0 Å². The minimum absolute atomic E-state index is 0.205. The Kier molecular flexibility index (Phi) is 2.74. The molecule has 1 fully saturated rings. The summed E-state index contributed by atoms with van der Waals surface area (Å²) in [6.45, 7) is 0. The van der Waals surface area contributed by atoms with E-state index in [2.05, 4.69) is 0 Å². The van der Waals surface area contributed by atoms with Gasteiger partial charge in [-0.3, -0.25) is 4.79 Å². The highest BCUT2D eigenvalue weighted by atomic mass is 16.2. The summed E-state index contributed by atoms with van der Waals surface area (Å²) in [5.74, 6) is 0.205. The van der Waals surface area contributed by atoms with Gasteiger partial charge < -0.3 is 16.4 Å². The Bertz CT molecular complexity index is 478. The van der Waals surface area contributed by atoms with Crippen molar-refractivity contribution in [2.75, 3.05) is 10.6 Å². The fraction of sp³-hybridized carbons (Fsp3) is 0.500. The molecule has 1 saturated carbocycles. The van der Waals surface area contributed by atoms with Gasteiger partial charge in [0.25, 0.3) is 0 Å². The molecule has 1 aliphatic carbocycles. The smallest absolute Gasteiger partial charge is 0.231 e. The van der Waals surface area contributed by atoms with Crippen LogP contribution in [0, 0.1) is 0 Å². The second-order valence-corrected chi connectivity index (χ2v) is 5.40. The summed E-state index contributed by atoms with van der Waals surface area (Å²) >= 11 is 0. The summed E-state index contributed by atoms with van der Waals surface area (Å²) in [4.78, 5) is 14.2. The minimum atomic E-state index is 0.205. The van der Waals surface area contributed by atoms with Crippen molar-refractivity contribution in [1.29, 1.82) is 0 Å². The molecular formula is C14H19N3O. The highest BCUT2D eigenvalue weighted by Crippen LogP contribution is 2.35. The average molecular weight is 245 g/mol. The lowest BCUT2D eigenvalue weighted by molar-refractivity contribution is -0.117. The first kappa shape index (κ1) is 11.5. The summed E-state index contributed by atoms with van der Waals surface area (Å²) in [6.07, 6.45) is 4.54. The fourth-order valence-electron chi connectivity index (χ4n) is 3.12. The molecule has 0 unspecified atom stereocenters. The number of rotatable bonds is 1. The largest absolute Gasteiger partial charge is 0.399 e. The predicted molar refractivity (Wildman–Crippen MR) is 72.3 cm³/mol. The molecule has 18 heavy (non-hydrogen) atoms. The number of carbonyl (C=O) groups excluding carboxylic acids is 1. The Labute approximate surface area is 107 Å². The zero-order valence-electron chi connectivity index (χ0n) is 10.4. The molecule has 4 N–H and O–H groups in total. The molecule has 1 aliphatic heterocycles. The van der Waals surface area contributed by atoms with Gasteiger partial charge in [0.2, 0.25) is 5.91 Å². The molecule has 1 aromatic carbocycles. The van der Waals surface area contributed by atoms with E-state index in [1.54, 1.807) is 0 Å². The van der Waals surface area contributed by atoms with E-state index in [0.717, 1.165) is 42.6 Å². The van der Waals surface area contributed by atoms with Crippen molar-refractivity contribution in [3.63, 3.8) is 0 Å². The molecule has 4 heteroatoms. The van der Waals surface area contributed by atoms with Crippen LogP contribution in [0.15, 0.2) is 18.2 Å². The molecule has 1 aromatic rings. The van der Waals surface area contributed by atoms with Crippen LogP contribution in [0.5, 0.6) is 0 Å². The molecule has 2 aliphatic rings. The first-order valence-corrected chi connectivity index (χ1v) is 6.61. The van der Waals surface area contributed by atoms with Crippen LogP contribution in [0.3, 0.4) is 0 Å². The molecule has 0 aromatic heterocycles. The number of hydrogen-bond donors (Lipinski definition) is 2. The van der Waals surface area contributed by atoms with Gasteiger partial charge in [-0.15, -0.1) is 0 Å². The third-order valence-corrected chi connectivity index (χ3v) is 4.08. The van der Waals surface area contributed by atoms with Crippen LogP contribution in [-0.4, -0.2) is 18.0 Å². The van der Waals surface area contributed by atoms with Crippen LogP contribution in [-0.2, 0) is 11.2 Å². The minimum Gasteiger partial charge on any atom is -0.399 e. The lowest BCUT2D eigenvalue weighted by Gasteiger charge is -2.33. The van der Waals surface area contributed by atoms with E-state index in [1.807, 2.05) is 23.1 Å². The van der Waals surface area contributed by atoms with E-state index >= 15 is 0 Å². The van der Waals surface area contributed by atoms with Crippen LogP contribution < -0.4 is 16.4 Å². The molecule has 0 spiro atoms. The van der Waals surface area contributed by atoms with Gasteiger partial charge in [0.15, 0.2) is 0 Å². The topological polar surface area (TPSA) is 72.4 Å². The van der Waals surface area contributed by atoms with E-state index in [9.17, 15) is 4.79 Å². The number of fused-ring (bicyclic) bond motifs is 1. The van der Waals surface area contributed by atoms with Crippen molar-refractivity contribution in [3.05, 3.63) is 23.8 Å². The molecule has 0 bridgehead atoms. The summed E-state index contributed by atoms with van der Waals surface area (Å²) in [5.41, 5.74) is 14.5. The van der Waals surface area contributed by atoms with Crippen LogP contribution in [0.25, 0.3) is 0 Å². The fourth-order valence-corrected chi connectivity index (χ4v) is 3.12. The SMILES string of the molecule is Nc1ccc2c(c1)CC(=O)N2C1CCC(N)CC1. The maximum Gasteiger partial charge on any atom is 0.231 e. The van der Waals surface area contributed by atoms with Gasteiger partial charge in [0.05, 0.1) is 6.42 Å². The molecule has 3 rings (SSSR count). The molecule has 0 radical (unpaired) electrons. The standard InChI is InChI=1S/C14H19N3O/c15-10-1-4-12(5-2-10)17-13-6-3-11(16)7-9(13)8-14(17)18/h3,6-7,10,12H,1-2,4-5,8,15-16H2. The maximum atomic E-state index is 12.2. The number of amides is 1. The predicted octanol–water partition coefficient (Wildman–Crippen LogP) is 1.43. The number of carbonyl (C=O) groups is 1. The highest BCUT2D eigenvalue weighted by Gasteiger charge is 2.34. The lowest BCUT2D eigenvalue weighted by atomic mass is 9.90. The van der Waals surface area contributed by atoms with Gasteiger partial charge in [-0.05, 0) is 49.4 Å². The molecule has 4 nitrogen and oxygen atoms in total. The van der Waals surface area contributed by atoms with Crippen molar-refractivity contribution >= 4 is 17.3 Å². The quantitative estimate of drug-likeness (QED) is 0.735. The summed E-state index contributed by atoms with van der Waals surface area (Å²) < 4.78 is 0. The first-order valence-electron chi connectivity index (χ1n) is 6.61. The van der Waals surface area contributed by atoms with E-state index in [1.165, 1.54) is 0 Å². The number of nitrogens with two attached hydrogens (primary N) is 2. The number of anilines is 2. The number of nitrogen functional groups attached to an aromatic ring is 1. The molecule has 1 heterocycles. The average Bonchev–Trinajstić information content (AvgIpc) is 2.65. The number of nitrogens with zero attached hydrogens (tertiary/aromatic N) is 1. The Morgan fingerprint density at radius 2 is 1.89 bits per heavy atom. The third-order valence-electron chi connectivity index (χ3n) is 4.08. The van der Waals surface area contributed by atoms with Gasteiger partial charge >= 0.3 is 0 Å². The van der Waals surface area contributed by atoms with Crippen LogP contribution >= 0.6 is 0 Å². The van der Waals surface area contributed by atoms with E-state index < -0.39 is 0 Å². The van der Waals surface area contributed by atoms with Crippen molar-refractivity contribution in [2.45, 2.75) is 44.2 Å². The monoisotopic (exact) mass is 245 g/mol. The molecule has 1 amide bonds. The molecule has 96 valence electrons. The number of benzene rings is 1. The first-order chi connectivity index (χ1) is 8.65. The van der Waals surface area contributed by atoms with Crippen LogP contribution in [0.4, 0.5) is 11.4 Å². The van der Waals surface area contributed by atoms with E-state index in [0.29, 0.717) is 18.5 Å². The summed E-state index contributed by atoms with van der Waals surface area (Å²) in [7, 11) is 0. The normalized spacial score (nSPS) is 27.4. The maximum absolute atomic E-state index is 12.2. The Balaban J connectivity index is 1.87.